The molecule has 5 rings (SSSR count). The van der Waals surface area contributed by atoms with Crippen molar-refractivity contribution in [1.82, 2.24) is 4.90 Å². The van der Waals surface area contributed by atoms with Gasteiger partial charge in [-0.3, -0.25) is 9.69 Å². The molecule has 0 aromatic heterocycles. The highest BCUT2D eigenvalue weighted by Gasteiger charge is 2.48. The van der Waals surface area contributed by atoms with E-state index in [-0.39, 0.29) is 5.78 Å². The topological polar surface area (TPSA) is 49.8 Å². The number of ketones is 1. The quantitative estimate of drug-likeness (QED) is 0.532. The fourth-order valence-corrected chi connectivity index (χ4v) is 5.73. The largest absolute Gasteiger partial charge is 0.497 e. The van der Waals surface area contributed by atoms with E-state index in [0.717, 1.165) is 54.8 Å². The SMILES string of the molecule is COc1ccc(-c2ccc(C(=O)CN3CC4CC(O)(Cc5ccccc5)CC4C3)cc2)cc1. The van der Waals surface area contributed by atoms with Crippen LogP contribution in [0.1, 0.15) is 28.8 Å². The second kappa shape index (κ2) is 9.12. The molecule has 170 valence electrons. The molecule has 0 spiro atoms. The van der Waals surface area contributed by atoms with Gasteiger partial charge in [-0.25, -0.2) is 0 Å². The van der Waals surface area contributed by atoms with E-state index >= 15 is 0 Å². The van der Waals surface area contributed by atoms with Gasteiger partial charge in [0.1, 0.15) is 5.75 Å². The van der Waals surface area contributed by atoms with E-state index in [9.17, 15) is 9.90 Å². The summed E-state index contributed by atoms with van der Waals surface area (Å²) >= 11 is 0. The van der Waals surface area contributed by atoms with Gasteiger partial charge in [-0.2, -0.15) is 0 Å². The number of aliphatic hydroxyl groups is 1. The van der Waals surface area contributed by atoms with Crippen molar-refractivity contribution < 1.29 is 14.6 Å². The first-order chi connectivity index (χ1) is 16.0. The number of Topliss-reactive ketones (excluding diaryl/α,β-unsaturated/α-hetero) is 1. The lowest BCUT2D eigenvalue weighted by Crippen LogP contribution is -2.34. The molecule has 3 aromatic carbocycles. The molecule has 0 bridgehead atoms. The maximum atomic E-state index is 12.9. The van der Waals surface area contributed by atoms with Gasteiger partial charge in [0.15, 0.2) is 5.78 Å². The van der Waals surface area contributed by atoms with Gasteiger partial charge in [0.25, 0.3) is 0 Å². The number of carbonyl (C=O) groups excluding carboxylic acids is 1. The number of nitrogens with zero attached hydrogens (tertiary/aromatic N) is 1. The third kappa shape index (κ3) is 4.87. The number of hydrogen-bond acceptors (Lipinski definition) is 4. The summed E-state index contributed by atoms with van der Waals surface area (Å²) in [5.74, 6) is 1.95. The van der Waals surface area contributed by atoms with Gasteiger partial charge < -0.3 is 9.84 Å². The zero-order chi connectivity index (χ0) is 22.8. The second-order valence-corrected chi connectivity index (χ2v) is 9.74. The van der Waals surface area contributed by atoms with Gasteiger partial charge in [0.2, 0.25) is 0 Å². The Balaban J connectivity index is 1.16. The van der Waals surface area contributed by atoms with Crippen LogP contribution in [-0.2, 0) is 6.42 Å². The Labute approximate surface area is 195 Å². The minimum Gasteiger partial charge on any atom is -0.497 e. The average Bonchev–Trinajstić information content (AvgIpc) is 3.33. The second-order valence-electron chi connectivity index (χ2n) is 9.74. The first kappa shape index (κ1) is 21.9. The first-order valence-corrected chi connectivity index (χ1v) is 11.8. The molecule has 3 aromatic rings. The summed E-state index contributed by atoms with van der Waals surface area (Å²) in [5, 5.41) is 11.2. The lowest BCUT2D eigenvalue weighted by atomic mass is 9.91. The van der Waals surface area contributed by atoms with Crippen molar-refractivity contribution >= 4 is 5.78 Å². The molecule has 2 atom stereocenters. The fraction of sp³-hybridized carbons (Fsp3) is 0.345. The van der Waals surface area contributed by atoms with Gasteiger partial charge in [0, 0.05) is 25.1 Å². The zero-order valence-corrected chi connectivity index (χ0v) is 19.1. The molecule has 1 heterocycles. The molecule has 4 heteroatoms. The van der Waals surface area contributed by atoms with E-state index in [1.807, 2.05) is 66.7 Å². The monoisotopic (exact) mass is 441 g/mol. The third-order valence-electron chi connectivity index (χ3n) is 7.31. The van der Waals surface area contributed by atoms with E-state index in [1.165, 1.54) is 5.56 Å². The van der Waals surface area contributed by atoms with Gasteiger partial charge in [0.05, 0.1) is 19.3 Å². The average molecular weight is 442 g/mol. The Morgan fingerprint density at radius 2 is 1.48 bits per heavy atom. The standard InChI is InChI=1S/C29H31NO3/c1-33-27-13-11-23(12-14-27)22-7-9-24(10-8-22)28(31)20-30-18-25-16-29(32,17-26(25)19-30)15-21-5-3-2-4-6-21/h2-14,25-26,32H,15-20H2,1H3. The minimum absolute atomic E-state index is 0.163. The van der Waals surface area contributed by atoms with Crippen LogP contribution < -0.4 is 4.74 Å². The van der Waals surface area contributed by atoms with Crippen LogP contribution in [0, 0.1) is 11.8 Å². The maximum Gasteiger partial charge on any atom is 0.176 e. The van der Waals surface area contributed by atoms with E-state index in [2.05, 4.69) is 17.0 Å². The van der Waals surface area contributed by atoms with Gasteiger partial charge in [-0.05, 0) is 53.5 Å². The van der Waals surface area contributed by atoms with Crippen molar-refractivity contribution in [3.8, 4) is 16.9 Å². The number of likely N-dealkylation sites (tertiary alicyclic amines) is 1. The molecular formula is C29H31NO3. The van der Waals surface area contributed by atoms with Crippen LogP contribution in [0.25, 0.3) is 11.1 Å². The number of ether oxygens (including phenoxy) is 1. The van der Waals surface area contributed by atoms with Crippen molar-refractivity contribution in [1.29, 1.82) is 0 Å². The molecule has 1 saturated heterocycles. The van der Waals surface area contributed by atoms with Crippen LogP contribution in [0.15, 0.2) is 78.9 Å². The number of benzene rings is 3. The maximum absolute atomic E-state index is 12.9. The molecule has 1 saturated carbocycles. The Hall–Kier alpha value is -2.95. The predicted molar refractivity (Wildman–Crippen MR) is 131 cm³/mol. The van der Waals surface area contributed by atoms with Crippen LogP contribution in [0.4, 0.5) is 0 Å². The lowest BCUT2D eigenvalue weighted by molar-refractivity contribution is 0.0355. The summed E-state index contributed by atoms with van der Waals surface area (Å²) in [6, 6.07) is 26.1. The molecule has 1 N–H and O–H groups in total. The van der Waals surface area contributed by atoms with Crippen LogP contribution in [0.3, 0.4) is 0 Å². The highest BCUT2D eigenvalue weighted by atomic mass is 16.5. The summed E-state index contributed by atoms with van der Waals surface area (Å²) in [5.41, 5.74) is 3.53. The normalized spacial score (nSPS) is 24.5. The van der Waals surface area contributed by atoms with E-state index in [0.29, 0.717) is 18.4 Å². The van der Waals surface area contributed by atoms with E-state index in [4.69, 9.17) is 4.74 Å². The van der Waals surface area contributed by atoms with Crippen molar-refractivity contribution in [3.05, 3.63) is 90.0 Å². The summed E-state index contributed by atoms with van der Waals surface area (Å²) < 4.78 is 5.22. The van der Waals surface area contributed by atoms with Crippen molar-refractivity contribution in [2.45, 2.75) is 24.9 Å². The molecule has 1 aliphatic carbocycles. The number of methoxy groups -OCH3 is 1. The molecule has 2 aliphatic rings. The lowest BCUT2D eigenvalue weighted by Gasteiger charge is -2.26. The summed E-state index contributed by atoms with van der Waals surface area (Å²) in [4.78, 5) is 15.2. The zero-order valence-electron chi connectivity index (χ0n) is 19.1. The van der Waals surface area contributed by atoms with Gasteiger partial charge in [-0.15, -0.1) is 0 Å². The van der Waals surface area contributed by atoms with Crippen LogP contribution in [-0.4, -0.2) is 48.1 Å². The summed E-state index contributed by atoms with van der Waals surface area (Å²) in [7, 11) is 1.66. The smallest absolute Gasteiger partial charge is 0.176 e. The predicted octanol–water partition coefficient (Wildman–Crippen LogP) is 4.86. The highest BCUT2D eigenvalue weighted by molar-refractivity contribution is 5.98. The molecular weight excluding hydrogens is 410 g/mol. The van der Waals surface area contributed by atoms with Gasteiger partial charge in [-0.1, -0.05) is 66.7 Å². The number of carbonyl (C=O) groups is 1. The summed E-state index contributed by atoms with van der Waals surface area (Å²) in [6.07, 6.45) is 2.38. The Kier molecular flexibility index (Phi) is 6.05. The summed E-state index contributed by atoms with van der Waals surface area (Å²) in [6.45, 7) is 2.25. The first-order valence-electron chi connectivity index (χ1n) is 11.8. The van der Waals surface area contributed by atoms with Crippen LogP contribution in [0.5, 0.6) is 5.75 Å². The van der Waals surface area contributed by atoms with E-state index < -0.39 is 5.60 Å². The van der Waals surface area contributed by atoms with Crippen LogP contribution >= 0.6 is 0 Å². The Bertz CT molecular complexity index is 1080. The number of rotatable bonds is 7. The molecule has 0 radical (unpaired) electrons. The molecule has 1 aliphatic heterocycles. The Morgan fingerprint density at radius 3 is 2.06 bits per heavy atom. The van der Waals surface area contributed by atoms with E-state index in [1.54, 1.807) is 7.11 Å². The molecule has 33 heavy (non-hydrogen) atoms. The fourth-order valence-electron chi connectivity index (χ4n) is 5.73. The minimum atomic E-state index is -0.607. The highest BCUT2D eigenvalue weighted by Crippen LogP contribution is 2.45. The molecule has 4 nitrogen and oxygen atoms in total. The number of fused-ring (bicyclic) bond motifs is 1. The van der Waals surface area contributed by atoms with Crippen molar-refractivity contribution in [2.24, 2.45) is 11.8 Å². The molecule has 2 fully saturated rings. The number of hydrogen-bond donors (Lipinski definition) is 1. The van der Waals surface area contributed by atoms with Crippen molar-refractivity contribution in [2.75, 3.05) is 26.7 Å². The molecule has 0 amide bonds. The van der Waals surface area contributed by atoms with Crippen LogP contribution in [0.2, 0.25) is 0 Å². The third-order valence-corrected chi connectivity index (χ3v) is 7.31. The Morgan fingerprint density at radius 1 is 0.909 bits per heavy atom. The van der Waals surface area contributed by atoms with Crippen molar-refractivity contribution in [3.63, 3.8) is 0 Å². The van der Waals surface area contributed by atoms with Gasteiger partial charge >= 0.3 is 0 Å². The molecule has 2 unspecified atom stereocenters.